The summed E-state index contributed by atoms with van der Waals surface area (Å²) in [4.78, 5) is 2.26. The highest BCUT2D eigenvalue weighted by atomic mass is 16.3. The van der Waals surface area contributed by atoms with Crippen molar-refractivity contribution in [3.05, 3.63) is 0 Å². The van der Waals surface area contributed by atoms with Crippen molar-refractivity contribution in [1.82, 2.24) is 10.2 Å². The van der Waals surface area contributed by atoms with Crippen molar-refractivity contribution in [2.24, 2.45) is 11.3 Å². The molecule has 0 amide bonds. The van der Waals surface area contributed by atoms with Gasteiger partial charge in [-0.05, 0) is 45.2 Å². The van der Waals surface area contributed by atoms with E-state index in [9.17, 15) is 5.11 Å². The van der Waals surface area contributed by atoms with Gasteiger partial charge in [-0.25, -0.2) is 0 Å². The molecule has 102 valence electrons. The summed E-state index contributed by atoms with van der Waals surface area (Å²) in [6, 6.07) is 0.590. The summed E-state index contributed by atoms with van der Waals surface area (Å²) in [6.07, 6.45) is 3.72. The third kappa shape index (κ3) is 4.23. The third-order valence-corrected chi connectivity index (χ3v) is 4.14. The molecule has 0 saturated heterocycles. The molecule has 0 spiro atoms. The quantitative estimate of drug-likeness (QED) is 0.770. The van der Waals surface area contributed by atoms with Gasteiger partial charge in [0, 0.05) is 19.1 Å². The molecule has 3 nitrogen and oxygen atoms in total. The second-order valence-corrected chi connectivity index (χ2v) is 6.48. The van der Waals surface area contributed by atoms with Crippen LogP contribution >= 0.6 is 0 Å². The maximum atomic E-state index is 9.42. The van der Waals surface area contributed by atoms with E-state index < -0.39 is 0 Å². The molecular weight excluding hydrogens is 212 g/mol. The summed E-state index contributed by atoms with van der Waals surface area (Å²) in [5.41, 5.74) is 0.392. The maximum Gasteiger partial charge on any atom is 0.0638 e. The molecule has 1 rings (SSSR count). The van der Waals surface area contributed by atoms with Gasteiger partial charge in [-0.15, -0.1) is 0 Å². The van der Waals surface area contributed by atoms with Gasteiger partial charge in [-0.2, -0.15) is 0 Å². The Morgan fingerprint density at radius 2 is 2.12 bits per heavy atom. The molecule has 1 aliphatic rings. The zero-order valence-electron chi connectivity index (χ0n) is 12.2. The van der Waals surface area contributed by atoms with Gasteiger partial charge in [-0.3, -0.25) is 0 Å². The number of hydrogen-bond donors (Lipinski definition) is 2. The van der Waals surface area contributed by atoms with E-state index in [4.69, 9.17) is 0 Å². The van der Waals surface area contributed by atoms with E-state index in [0.717, 1.165) is 13.1 Å². The Bertz CT molecular complexity index is 228. The first kappa shape index (κ1) is 14.9. The molecule has 1 fully saturated rings. The van der Waals surface area contributed by atoms with E-state index in [0.29, 0.717) is 17.4 Å². The molecule has 3 atom stereocenters. The Morgan fingerprint density at radius 1 is 1.47 bits per heavy atom. The Labute approximate surface area is 107 Å². The minimum atomic E-state index is -0.232. The number of aliphatic hydroxyl groups is 1. The van der Waals surface area contributed by atoms with Crippen molar-refractivity contribution in [2.45, 2.75) is 52.2 Å². The molecule has 1 aliphatic carbocycles. The van der Waals surface area contributed by atoms with Gasteiger partial charge in [0.2, 0.25) is 0 Å². The van der Waals surface area contributed by atoms with Crippen LogP contribution in [0.2, 0.25) is 0 Å². The van der Waals surface area contributed by atoms with Crippen molar-refractivity contribution >= 4 is 0 Å². The number of nitrogens with zero attached hydrogens (tertiary/aromatic N) is 1. The maximum absolute atomic E-state index is 9.42. The lowest BCUT2D eigenvalue weighted by Gasteiger charge is -2.45. The Kier molecular flexibility index (Phi) is 5.42. The molecule has 0 heterocycles. The van der Waals surface area contributed by atoms with Crippen LogP contribution in [0.15, 0.2) is 0 Å². The topological polar surface area (TPSA) is 35.5 Å². The van der Waals surface area contributed by atoms with E-state index in [1.165, 1.54) is 19.3 Å². The van der Waals surface area contributed by atoms with Crippen LogP contribution in [0.25, 0.3) is 0 Å². The first-order chi connectivity index (χ1) is 7.86. The number of rotatable bonds is 5. The summed E-state index contributed by atoms with van der Waals surface area (Å²) in [7, 11) is 4.19. The van der Waals surface area contributed by atoms with Crippen LogP contribution in [-0.2, 0) is 0 Å². The fraction of sp³-hybridized carbons (Fsp3) is 1.00. The molecule has 0 radical (unpaired) electrons. The van der Waals surface area contributed by atoms with Crippen LogP contribution in [0.5, 0.6) is 0 Å². The van der Waals surface area contributed by atoms with E-state index >= 15 is 0 Å². The predicted octanol–water partition coefficient (Wildman–Crippen LogP) is 1.71. The Balaban J connectivity index is 2.56. The second-order valence-electron chi connectivity index (χ2n) is 6.48. The number of aliphatic hydroxyl groups excluding tert-OH is 1. The summed E-state index contributed by atoms with van der Waals surface area (Å²) in [5.74, 6) is 0.701. The fourth-order valence-corrected chi connectivity index (χ4v) is 3.53. The molecule has 17 heavy (non-hydrogen) atoms. The first-order valence-corrected chi connectivity index (χ1v) is 6.90. The second kappa shape index (κ2) is 6.17. The van der Waals surface area contributed by atoms with E-state index in [2.05, 4.69) is 38.2 Å². The molecule has 3 unspecified atom stereocenters. The van der Waals surface area contributed by atoms with Gasteiger partial charge in [0.25, 0.3) is 0 Å². The average Bonchev–Trinajstić information content (AvgIpc) is 2.14. The first-order valence-electron chi connectivity index (χ1n) is 6.90. The van der Waals surface area contributed by atoms with Gasteiger partial charge in [0.1, 0.15) is 0 Å². The van der Waals surface area contributed by atoms with Crippen LogP contribution < -0.4 is 5.32 Å². The van der Waals surface area contributed by atoms with E-state index in [1.807, 2.05) is 6.92 Å². The minimum absolute atomic E-state index is 0.232. The largest absolute Gasteiger partial charge is 0.392 e. The smallest absolute Gasteiger partial charge is 0.0638 e. The lowest BCUT2D eigenvalue weighted by Crippen LogP contribution is -2.51. The Morgan fingerprint density at radius 3 is 2.65 bits per heavy atom. The lowest BCUT2D eigenvalue weighted by atomic mass is 9.68. The molecule has 0 aliphatic heterocycles. The zero-order valence-corrected chi connectivity index (χ0v) is 12.2. The van der Waals surface area contributed by atoms with Crippen molar-refractivity contribution in [1.29, 1.82) is 0 Å². The van der Waals surface area contributed by atoms with Gasteiger partial charge in [0.15, 0.2) is 0 Å². The SMILES string of the molecule is CNC1C(CN(C)CC(C)O)CCCC1(C)C. The number of hydrogen-bond acceptors (Lipinski definition) is 3. The molecule has 0 aromatic carbocycles. The summed E-state index contributed by atoms with van der Waals surface area (Å²) in [5, 5.41) is 12.9. The molecule has 1 saturated carbocycles. The van der Waals surface area contributed by atoms with Gasteiger partial charge < -0.3 is 15.3 Å². The minimum Gasteiger partial charge on any atom is -0.392 e. The van der Waals surface area contributed by atoms with Crippen LogP contribution in [0, 0.1) is 11.3 Å². The van der Waals surface area contributed by atoms with Crippen molar-refractivity contribution in [3.63, 3.8) is 0 Å². The third-order valence-electron chi connectivity index (χ3n) is 4.14. The standard InChI is InChI=1S/C14H30N2O/c1-11(17)9-16(5)10-12-7-6-8-14(2,3)13(12)15-4/h11-13,15,17H,6-10H2,1-5H3. The molecule has 2 N–H and O–H groups in total. The van der Waals surface area contributed by atoms with Crippen molar-refractivity contribution in [2.75, 3.05) is 27.2 Å². The molecule has 0 bridgehead atoms. The van der Waals surface area contributed by atoms with Gasteiger partial charge in [-0.1, -0.05) is 20.3 Å². The van der Waals surface area contributed by atoms with E-state index in [-0.39, 0.29) is 6.10 Å². The summed E-state index contributed by atoms with van der Waals surface area (Å²) in [6.45, 7) is 8.45. The lowest BCUT2D eigenvalue weighted by molar-refractivity contribution is 0.0737. The van der Waals surface area contributed by atoms with Crippen molar-refractivity contribution < 1.29 is 5.11 Å². The highest BCUT2D eigenvalue weighted by molar-refractivity contribution is 4.93. The summed E-state index contributed by atoms with van der Waals surface area (Å²) < 4.78 is 0. The van der Waals surface area contributed by atoms with Crippen LogP contribution in [0.3, 0.4) is 0 Å². The monoisotopic (exact) mass is 242 g/mol. The van der Waals surface area contributed by atoms with E-state index in [1.54, 1.807) is 0 Å². The normalized spacial score (nSPS) is 30.5. The molecule has 0 aromatic heterocycles. The van der Waals surface area contributed by atoms with Crippen LogP contribution in [-0.4, -0.2) is 49.3 Å². The molecular formula is C14H30N2O. The summed E-state index contributed by atoms with van der Waals surface area (Å²) >= 11 is 0. The number of likely N-dealkylation sites (N-methyl/N-ethyl adjacent to an activating group) is 1. The van der Waals surface area contributed by atoms with Gasteiger partial charge >= 0.3 is 0 Å². The molecule has 3 heteroatoms. The predicted molar refractivity (Wildman–Crippen MR) is 73.1 cm³/mol. The average molecular weight is 242 g/mol. The highest BCUT2D eigenvalue weighted by Gasteiger charge is 2.38. The van der Waals surface area contributed by atoms with Crippen LogP contribution in [0.1, 0.15) is 40.0 Å². The fourth-order valence-electron chi connectivity index (χ4n) is 3.53. The van der Waals surface area contributed by atoms with Gasteiger partial charge in [0.05, 0.1) is 6.10 Å². The Hall–Kier alpha value is -0.120. The number of nitrogens with one attached hydrogen (secondary N) is 1. The van der Waals surface area contributed by atoms with Crippen molar-refractivity contribution in [3.8, 4) is 0 Å². The molecule has 0 aromatic rings. The highest BCUT2D eigenvalue weighted by Crippen LogP contribution is 2.39. The zero-order chi connectivity index (χ0) is 13.1. The van der Waals surface area contributed by atoms with Crippen LogP contribution in [0.4, 0.5) is 0 Å².